The predicted molar refractivity (Wildman–Crippen MR) is 88.0 cm³/mol. The van der Waals surface area contributed by atoms with Gasteiger partial charge in [-0.3, -0.25) is 9.36 Å². The standard InChI is InChI=1S/C16H13ClN2OS/c1-19-15(20)13-4-2-3-5-14(13)18-16(19)21-10-11-6-8-12(17)9-7-11/h2-9H,10H2,1H3. The molecule has 3 rings (SSSR count). The van der Waals surface area contributed by atoms with Crippen LogP contribution in [0.4, 0.5) is 0 Å². The number of benzene rings is 2. The molecule has 0 saturated carbocycles. The fourth-order valence-corrected chi connectivity index (χ4v) is 3.11. The lowest BCUT2D eigenvalue weighted by Crippen LogP contribution is -2.19. The Morgan fingerprint density at radius 2 is 1.86 bits per heavy atom. The molecule has 2 aromatic carbocycles. The van der Waals surface area contributed by atoms with Crippen LogP contribution in [0.2, 0.25) is 5.02 Å². The molecule has 0 saturated heterocycles. The summed E-state index contributed by atoms with van der Waals surface area (Å²) >= 11 is 7.42. The molecular weight excluding hydrogens is 304 g/mol. The van der Waals surface area contributed by atoms with Crippen LogP contribution in [0.25, 0.3) is 10.9 Å². The molecule has 0 aliphatic rings. The van der Waals surface area contributed by atoms with Crippen molar-refractivity contribution in [1.82, 2.24) is 9.55 Å². The quantitative estimate of drug-likeness (QED) is 0.543. The van der Waals surface area contributed by atoms with Gasteiger partial charge in [0.05, 0.1) is 10.9 Å². The number of fused-ring (bicyclic) bond motifs is 1. The lowest BCUT2D eigenvalue weighted by Gasteiger charge is -2.08. The topological polar surface area (TPSA) is 34.9 Å². The van der Waals surface area contributed by atoms with Crippen LogP contribution in [0.5, 0.6) is 0 Å². The molecule has 21 heavy (non-hydrogen) atoms. The number of hydrogen-bond acceptors (Lipinski definition) is 3. The molecule has 0 spiro atoms. The van der Waals surface area contributed by atoms with Crippen molar-refractivity contribution in [2.75, 3.05) is 0 Å². The number of hydrogen-bond donors (Lipinski definition) is 0. The highest BCUT2D eigenvalue weighted by molar-refractivity contribution is 7.98. The van der Waals surface area contributed by atoms with E-state index in [1.807, 2.05) is 42.5 Å². The van der Waals surface area contributed by atoms with Crippen molar-refractivity contribution in [3.05, 3.63) is 69.5 Å². The van der Waals surface area contributed by atoms with Crippen LogP contribution < -0.4 is 5.56 Å². The summed E-state index contributed by atoms with van der Waals surface area (Å²) in [6, 6.07) is 15.1. The van der Waals surface area contributed by atoms with E-state index in [-0.39, 0.29) is 5.56 Å². The first-order valence-corrected chi connectivity index (χ1v) is 7.84. The highest BCUT2D eigenvalue weighted by Gasteiger charge is 2.08. The molecule has 1 heterocycles. The molecule has 0 bridgehead atoms. The van der Waals surface area contributed by atoms with E-state index in [1.54, 1.807) is 29.4 Å². The molecule has 3 nitrogen and oxygen atoms in total. The van der Waals surface area contributed by atoms with E-state index in [9.17, 15) is 4.79 Å². The highest BCUT2D eigenvalue weighted by atomic mass is 35.5. The van der Waals surface area contributed by atoms with Gasteiger partial charge in [-0.2, -0.15) is 0 Å². The molecular formula is C16H13ClN2OS. The Labute approximate surface area is 131 Å². The van der Waals surface area contributed by atoms with Gasteiger partial charge >= 0.3 is 0 Å². The maximum absolute atomic E-state index is 12.3. The molecule has 0 aliphatic heterocycles. The molecule has 3 aromatic rings. The van der Waals surface area contributed by atoms with Crippen LogP contribution in [0, 0.1) is 0 Å². The van der Waals surface area contributed by atoms with Gasteiger partial charge < -0.3 is 0 Å². The lowest BCUT2D eigenvalue weighted by atomic mass is 10.2. The Morgan fingerprint density at radius 1 is 1.14 bits per heavy atom. The molecule has 0 unspecified atom stereocenters. The summed E-state index contributed by atoms with van der Waals surface area (Å²) in [6.45, 7) is 0. The molecule has 0 fully saturated rings. The zero-order chi connectivity index (χ0) is 14.8. The average molecular weight is 317 g/mol. The molecule has 106 valence electrons. The maximum Gasteiger partial charge on any atom is 0.261 e. The van der Waals surface area contributed by atoms with E-state index in [0.29, 0.717) is 10.5 Å². The molecule has 5 heteroatoms. The first kappa shape index (κ1) is 14.2. The number of para-hydroxylation sites is 1. The molecule has 0 atom stereocenters. The van der Waals surface area contributed by atoms with Gasteiger partial charge in [0.25, 0.3) is 5.56 Å². The van der Waals surface area contributed by atoms with E-state index in [1.165, 1.54) is 0 Å². The summed E-state index contributed by atoms with van der Waals surface area (Å²) in [4.78, 5) is 16.9. The summed E-state index contributed by atoms with van der Waals surface area (Å²) in [7, 11) is 1.76. The van der Waals surface area contributed by atoms with Crippen molar-refractivity contribution in [3.63, 3.8) is 0 Å². The summed E-state index contributed by atoms with van der Waals surface area (Å²) in [5.41, 5.74) is 1.87. The Hall–Kier alpha value is -1.78. The lowest BCUT2D eigenvalue weighted by molar-refractivity contribution is 0.726. The van der Waals surface area contributed by atoms with Gasteiger partial charge in [0.1, 0.15) is 0 Å². The second kappa shape index (κ2) is 5.92. The van der Waals surface area contributed by atoms with Crippen LogP contribution >= 0.6 is 23.4 Å². The molecule has 0 amide bonds. The van der Waals surface area contributed by atoms with Crippen LogP contribution in [0.3, 0.4) is 0 Å². The minimum Gasteiger partial charge on any atom is -0.290 e. The maximum atomic E-state index is 12.3. The van der Waals surface area contributed by atoms with E-state index in [4.69, 9.17) is 11.6 Å². The van der Waals surface area contributed by atoms with Gasteiger partial charge in [-0.1, -0.05) is 47.6 Å². The summed E-state index contributed by atoms with van der Waals surface area (Å²) < 4.78 is 1.60. The van der Waals surface area contributed by atoms with Crippen LogP contribution in [0.1, 0.15) is 5.56 Å². The molecule has 0 radical (unpaired) electrons. The van der Waals surface area contributed by atoms with Gasteiger partial charge in [0, 0.05) is 17.8 Å². The van der Waals surface area contributed by atoms with Crippen molar-refractivity contribution in [3.8, 4) is 0 Å². The fraction of sp³-hybridized carbons (Fsp3) is 0.125. The summed E-state index contributed by atoms with van der Waals surface area (Å²) in [5, 5.41) is 2.09. The van der Waals surface area contributed by atoms with Crippen LogP contribution in [-0.2, 0) is 12.8 Å². The number of rotatable bonds is 3. The van der Waals surface area contributed by atoms with Gasteiger partial charge in [0.15, 0.2) is 5.16 Å². The van der Waals surface area contributed by atoms with Crippen molar-refractivity contribution in [2.24, 2.45) is 7.05 Å². The minimum atomic E-state index is -0.0146. The van der Waals surface area contributed by atoms with Gasteiger partial charge in [-0.15, -0.1) is 0 Å². The first-order valence-electron chi connectivity index (χ1n) is 6.48. The zero-order valence-corrected chi connectivity index (χ0v) is 13.0. The van der Waals surface area contributed by atoms with Crippen LogP contribution in [0.15, 0.2) is 58.5 Å². The molecule has 0 aliphatic carbocycles. The van der Waals surface area contributed by atoms with Crippen molar-refractivity contribution in [2.45, 2.75) is 10.9 Å². The Morgan fingerprint density at radius 3 is 2.62 bits per heavy atom. The normalized spacial score (nSPS) is 11.0. The number of halogens is 1. The second-order valence-corrected chi connectivity index (χ2v) is 6.07. The van der Waals surface area contributed by atoms with Gasteiger partial charge in [0.2, 0.25) is 0 Å². The van der Waals surface area contributed by atoms with Gasteiger partial charge in [-0.05, 0) is 29.8 Å². The Kier molecular flexibility index (Phi) is 3.99. The van der Waals surface area contributed by atoms with E-state index in [0.717, 1.165) is 21.9 Å². The average Bonchev–Trinajstić information content (AvgIpc) is 2.51. The number of aromatic nitrogens is 2. The largest absolute Gasteiger partial charge is 0.290 e. The van der Waals surface area contributed by atoms with Gasteiger partial charge in [-0.25, -0.2) is 4.98 Å². The summed E-state index contributed by atoms with van der Waals surface area (Å²) in [5.74, 6) is 0.746. The van der Waals surface area contributed by atoms with Crippen molar-refractivity contribution < 1.29 is 0 Å². The smallest absolute Gasteiger partial charge is 0.261 e. The Bertz CT molecular complexity index is 843. The third kappa shape index (κ3) is 2.96. The minimum absolute atomic E-state index is 0.0146. The summed E-state index contributed by atoms with van der Waals surface area (Å²) in [6.07, 6.45) is 0. The number of thioether (sulfide) groups is 1. The van der Waals surface area contributed by atoms with Crippen LogP contribution in [-0.4, -0.2) is 9.55 Å². The van der Waals surface area contributed by atoms with E-state index in [2.05, 4.69) is 4.98 Å². The zero-order valence-electron chi connectivity index (χ0n) is 11.4. The Balaban J connectivity index is 1.92. The third-order valence-corrected chi connectivity index (χ3v) is 4.58. The number of nitrogens with zero attached hydrogens (tertiary/aromatic N) is 2. The van der Waals surface area contributed by atoms with E-state index >= 15 is 0 Å². The third-order valence-electron chi connectivity index (χ3n) is 3.22. The van der Waals surface area contributed by atoms with E-state index < -0.39 is 0 Å². The SMILES string of the molecule is Cn1c(SCc2ccc(Cl)cc2)nc2ccccc2c1=O. The molecule has 0 N–H and O–H groups in total. The van der Waals surface area contributed by atoms with Crippen molar-refractivity contribution in [1.29, 1.82) is 0 Å². The molecule has 1 aromatic heterocycles. The highest BCUT2D eigenvalue weighted by Crippen LogP contribution is 2.22. The second-order valence-electron chi connectivity index (χ2n) is 4.69. The first-order chi connectivity index (χ1) is 10.1. The fourth-order valence-electron chi connectivity index (χ4n) is 2.06. The predicted octanol–water partition coefficient (Wildman–Crippen LogP) is 3.88. The van der Waals surface area contributed by atoms with Crippen molar-refractivity contribution >= 4 is 34.3 Å². The monoisotopic (exact) mass is 316 g/mol.